The van der Waals surface area contributed by atoms with E-state index in [1.165, 1.54) is 12.3 Å². The van der Waals surface area contributed by atoms with E-state index < -0.39 is 0 Å². The molecule has 0 radical (unpaired) electrons. The standard InChI is InChI=1S/C16H18FN3O/c1-18-10-12-9-13(17)11-19-16(12)20-7-4-8-21-15-6-3-2-5-14(15)20/h2-3,5-6,9,11,18H,4,7-8,10H2,1H3. The van der Waals surface area contributed by atoms with Crippen molar-refractivity contribution in [2.75, 3.05) is 25.1 Å². The molecule has 3 rings (SSSR count). The fourth-order valence-electron chi connectivity index (χ4n) is 2.59. The van der Waals surface area contributed by atoms with Crippen LogP contribution in [0.4, 0.5) is 15.9 Å². The van der Waals surface area contributed by atoms with Gasteiger partial charge in [0.15, 0.2) is 0 Å². The highest BCUT2D eigenvalue weighted by Crippen LogP contribution is 2.36. The minimum absolute atomic E-state index is 0.316. The number of benzene rings is 1. The summed E-state index contributed by atoms with van der Waals surface area (Å²) in [5.74, 6) is 1.31. The highest BCUT2D eigenvalue weighted by Gasteiger charge is 2.21. The second-order valence-corrected chi connectivity index (χ2v) is 4.99. The van der Waals surface area contributed by atoms with Crippen molar-refractivity contribution in [1.29, 1.82) is 0 Å². The summed E-state index contributed by atoms with van der Waals surface area (Å²) in [6.45, 7) is 2.04. The maximum Gasteiger partial charge on any atom is 0.142 e. The summed E-state index contributed by atoms with van der Waals surface area (Å²) in [6.07, 6.45) is 2.16. The van der Waals surface area contributed by atoms with Crippen molar-refractivity contribution in [2.24, 2.45) is 0 Å². The van der Waals surface area contributed by atoms with Gasteiger partial charge < -0.3 is 15.0 Å². The van der Waals surface area contributed by atoms with Gasteiger partial charge in [-0.1, -0.05) is 12.1 Å². The first-order valence-electron chi connectivity index (χ1n) is 7.08. The average molecular weight is 287 g/mol. The highest BCUT2D eigenvalue weighted by molar-refractivity contribution is 5.69. The molecule has 0 unspecified atom stereocenters. The zero-order valence-corrected chi connectivity index (χ0v) is 12.0. The molecule has 0 spiro atoms. The highest BCUT2D eigenvalue weighted by atomic mass is 19.1. The number of nitrogens with one attached hydrogen (secondary N) is 1. The molecule has 2 heterocycles. The van der Waals surface area contributed by atoms with Gasteiger partial charge in [0.1, 0.15) is 17.4 Å². The number of hydrogen-bond donors (Lipinski definition) is 1. The van der Waals surface area contributed by atoms with Crippen LogP contribution in [0.2, 0.25) is 0 Å². The van der Waals surface area contributed by atoms with Crippen LogP contribution in [0.1, 0.15) is 12.0 Å². The monoisotopic (exact) mass is 287 g/mol. The first-order chi connectivity index (χ1) is 10.3. The summed E-state index contributed by atoms with van der Waals surface area (Å²) in [5, 5.41) is 3.07. The molecule has 1 aromatic carbocycles. The molecule has 1 N–H and O–H groups in total. The van der Waals surface area contributed by atoms with Crippen LogP contribution in [0.15, 0.2) is 36.5 Å². The summed E-state index contributed by atoms with van der Waals surface area (Å²) in [4.78, 5) is 6.42. The van der Waals surface area contributed by atoms with Crippen molar-refractivity contribution in [3.63, 3.8) is 0 Å². The summed E-state index contributed by atoms with van der Waals surface area (Å²) in [6, 6.07) is 9.42. The molecule has 0 aliphatic carbocycles. The summed E-state index contributed by atoms with van der Waals surface area (Å²) < 4.78 is 19.2. The zero-order valence-electron chi connectivity index (χ0n) is 12.0. The van der Waals surface area contributed by atoms with E-state index in [-0.39, 0.29) is 5.82 Å². The Balaban J connectivity index is 2.07. The summed E-state index contributed by atoms with van der Waals surface area (Å²) >= 11 is 0. The first-order valence-corrected chi connectivity index (χ1v) is 7.08. The largest absolute Gasteiger partial charge is 0.491 e. The van der Waals surface area contributed by atoms with Crippen LogP contribution in [-0.4, -0.2) is 25.2 Å². The second-order valence-electron chi connectivity index (χ2n) is 4.99. The number of anilines is 2. The van der Waals surface area contributed by atoms with Gasteiger partial charge in [0.2, 0.25) is 0 Å². The predicted molar refractivity (Wildman–Crippen MR) is 80.5 cm³/mol. The predicted octanol–water partition coefficient (Wildman–Crippen LogP) is 2.86. The maximum atomic E-state index is 13.5. The molecule has 0 atom stereocenters. The quantitative estimate of drug-likeness (QED) is 0.942. The van der Waals surface area contributed by atoms with Crippen LogP contribution in [0.25, 0.3) is 0 Å². The van der Waals surface area contributed by atoms with Crippen molar-refractivity contribution in [1.82, 2.24) is 10.3 Å². The molecule has 0 saturated carbocycles. The third-order valence-electron chi connectivity index (χ3n) is 3.47. The normalized spacial score (nSPS) is 14.3. The van der Waals surface area contributed by atoms with Gasteiger partial charge in [0.25, 0.3) is 0 Å². The number of ether oxygens (including phenoxy) is 1. The molecule has 2 aromatic rings. The molecule has 110 valence electrons. The van der Waals surface area contributed by atoms with Crippen molar-refractivity contribution < 1.29 is 9.13 Å². The molecule has 5 heteroatoms. The van der Waals surface area contributed by atoms with E-state index >= 15 is 0 Å². The molecule has 21 heavy (non-hydrogen) atoms. The Morgan fingerprint density at radius 3 is 3.10 bits per heavy atom. The number of rotatable bonds is 3. The lowest BCUT2D eigenvalue weighted by molar-refractivity contribution is 0.322. The number of aromatic nitrogens is 1. The van der Waals surface area contributed by atoms with Gasteiger partial charge >= 0.3 is 0 Å². The number of pyridine rings is 1. The number of hydrogen-bond acceptors (Lipinski definition) is 4. The van der Waals surface area contributed by atoms with E-state index in [9.17, 15) is 4.39 Å². The number of nitrogens with zero attached hydrogens (tertiary/aromatic N) is 2. The minimum Gasteiger partial charge on any atom is -0.491 e. The summed E-state index contributed by atoms with van der Waals surface area (Å²) in [7, 11) is 1.84. The second kappa shape index (κ2) is 6.10. The number of fused-ring (bicyclic) bond motifs is 1. The molecule has 0 saturated heterocycles. The molecule has 1 aliphatic rings. The Bertz CT molecular complexity index is 633. The van der Waals surface area contributed by atoms with Crippen molar-refractivity contribution >= 4 is 11.5 Å². The van der Waals surface area contributed by atoms with Crippen molar-refractivity contribution in [3.8, 4) is 5.75 Å². The lowest BCUT2D eigenvalue weighted by atomic mass is 10.2. The molecular formula is C16H18FN3O. The SMILES string of the molecule is CNCc1cc(F)cnc1N1CCCOc2ccccc21. The molecule has 4 nitrogen and oxygen atoms in total. The first kappa shape index (κ1) is 13.8. The van der Waals surface area contributed by atoms with Crippen LogP contribution >= 0.6 is 0 Å². The number of para-hydroxylation sites is 2. The van der Waals surface area contributed by atoms with Gasteiger partial charge in [-0.3, -0.25) is 0 Å². The Kier molecular flexibility index (Phi) is 4.01. The van der Waals surface area contributed by atoms with Crippen molar-refractivity contribution in [3.05, 3.63) is 47.9 Å². The fourth-order valence-corrected chi connectivity index (χ4v) is 2.59. The van der Waals surface area contributed by atoms with E-state index in [1.807, 2.05) is 31.3 Å². The van der Waals surface area contributed by atoms with E-state index in [1.54, 1.807) is 0 Å². The Morgan fingerprint density at radius 1 is 1.38 bits per heavy atom. The zero-order chi connectivity index (χ0) is 14.7. The fraction of sp³-hybridized carbons (Fsp3) is 0.312. The van der Waals surface area contributed by atoms with Gasteiger partial charge in [-0.25, -0.2) is 9.37 Å². The van der Waals surface area contributed by atoms with Gasteiger partial charge in [0, 0.05) is 18.7 Å². The third kappa shape index (κ3) is 2.83. The van der Waals surface area contributed by atoms with E-state index in [0.29, 0.717) is 13.2 Å². The Hall–Kier alpha value is -2.14. The van der Waals surface area contributed by atoms with Gasteiger partial charge in [-0.2, -0.15) is 0 Å². The minimum atomic E-state index is -0.316. The average Bonchev–Trinajstić information content (AvgIpc) is 2.70. The topological polar surface area (TPSA) is 37.4 Å². The smallest absolute Gasteiger partial charge is 0.142 e. The van der Waals surface area contributed by atoms with Crippen molar-refractivity contribution in [2.45, 2.75) is 13.0 Å². The molecule has 0 fully saturated rings. The number of halogens is 1. The van der Waals surface area contributed by atoms with E-state index in [2.05, 4.69) is 15.2 Å². The molecule has 1 aliphatic heterocycles. The van der Waals surface area contributed by atoms with Crippen LogP contribution in [-0.2, 0) is 6.54 Å². The molecule has 0 bridgehead atoms. The third-order valence-corrected chi connectivity index (χ3v) is 3.47. The van der Waals surface area contributed by atoms with Crippen LogP contribution in [0, 0.1) is 5.82 Å². The van der Waals surface area contributed by atoms with E-state index in [0.717, 1.165) is 35.8 Å². The Labute approximate surface area is 123 Å². The molecule has 1 aromatic heterocycles. The van der Waals surface area contributed by atoms with Crippen LogP contribution < -0.4 is 15.0 Å². The van der Waals surface area contributed by atoms with E-state index in [4.69, 9.17) is 4.74 Å². The lowest BCUT2D eigenvalue weighted by Gasteiger charge is -2.25. The lowest BCUT2D eigenvalue weighted by Crippen LogP contribution is -2.22. The Morgan fingerprint density at radius 2 is 2.24 bits per heavy atom. The van der Waals surface area contributed by atoms with Crippen LogP contribution in [0.3, 0.4) is 0 Å². The summed E-state index contributed by atoms with van der Waals surface area (Å²) in [5.41, 5.74) is 1.82. The van der Waals surface area contributed by atoms with Gasteiger partial charge in [0.05, 0.1) is 18.5 Å². The van der Waals surface area contributed by atoms with Gasteiger partial charge in [-0.15, -0.1) is 0 Å². The van der Waals surface area contributed by atoms with Crippen LogP contribution in [0.5, 0.6) is 5.75 Å². The van der Waals surface area contributed by atoms with Gasteiger partial charge in [-0.05, 0) is 31.7 Å². The molecular weight excluding hydrogens is 269 g/mol. The molecule has 0 amide bonds. The maximum absolute atomic E-state index is 13.5.